The van der Waals surface area contributed by atoms with Gasteiger partial charge in [-0.2, -0.15) is 0 Å². The normalized spacial score (nSPS) is 3.43. The van der Waals surface area contributed by atoms with Crippen LogP contribution in [0.4, 0.5) is 4.79 Å². The number of rotatable bonds is 0. The molecule has 0 atom stereocenters. The maximum atomic E-state index is 8.56. The zero-order valence-corrected chi connectivity index (χ0v) is 2.51. The molecule has 40 valence electrons. The van der Waals surface area contributed by atoms with E-state index in [2.05, 4.69) is 0 Å². The quantitative estimate of drug-likeness (QED) is 0.352. The van der Waals surface area contributed by atoms with Crippen molar-refractivity contribution >= 4 is 53.1 Å². The fourth-order valence-electron chi connectivity index (χ4n) is 0. The fourth-order valence-corrected chi connectivity index (χ4v) is 0. The van der Waals surface area contributed by atoms with Gasteiger partial charge in [-0.15, -0.1) is 0 Å². The van der Waals surface area contributed by atoms with Gasteiger partial charge in [-0.25, -0.2) is 4.79 Å². The summed E-state index contributed by atoms with van der Waals surface area (Å²) >= 11 is 0. The van der Waals surface area contributed by atoms with Gasteiger partial charge in [0.25, 0.3) is 0 Å². The number of carboxylic acid groups (broad SMARTS) is 2. The summed E-state index contributed by atoms with van der Waals surface area (Å²) in [5.74, 6) is 0. The summed E-state index contributed by atoms with van der Waals surface area (Å²) < 4.78 is 0. The second-order valence-corrected chi connectivity index (χ2v) is 0.283. The van der Waals surface area contributed by atoms with Crippen LogP contribution in [0.3, 0.4) is 0 Å². The van der Waals surface area contributed by atoms with Crippen LogP contribution in [0.2, 0.25) is 0 Å². The van der Waals surface area contributed by atoms with Crippen LogP contribution in [-0.2, 0) is 0 Å². The van der Waals surface area contributed by atoms with Gasteiger partial charge in [0.05, 0.1) is 0 Å². The third-order valence-corrected chi connectivity index (χ3v) is 0. The van der Waals surface area contributed by atoms with Crippen LogP contribution in [0.15, 0.2) is 0 Å². The van der Waals surface area contributed by atoms with Gasteiger partial charge >= 0.3 is 35.7 Å². The van der Waals surface area contributed by atoms with Crippen molar-refractivity contribution in [2.24, 2.45) is 0 Å². The first-order valence-corrected chi connectivity index (χ1v) is 0.651. The fraction of sp³-hybridized carbons (Fsp3) is 0. The second kappa shape index (κ2) is 15.9. The Morgan fingerprint density at radius 2 is 1.29 bits per heavy atom. The van der Waals surface area contributed by atoms with E-state index in [-0.39, 0.29) is 53.1 Å². The summed E-state index contributed by atoms with van der Waals surface area (Å²) in [6.45, 7) is 0. The van der Waals surface area contributed by atoms with Crippen LogP contribution in [0, 0.1) is 0 Å². The van der Waals surface area contributed by atoms with Gasteiger partial charge in [-0.3, -0.25) is 0 Å². The van der Waals surface area contributed by atoms with Crippen LogP contribution in [-0.4, -0.2) is 63.3 Å². The Kier molecular flexibility index (Phi) is 56.8. The molecule has 0 saturated carbocycles. The predicted molar refractivity (Wildman–Crippen MR) is 32.8 cm³/mol. The molecule has 0 heterocycles. The van der Waals surface area contributed by atoms with Crippen molar-refractivity contribution < 1.29 is 15.0 Å². The van der Waals surface area contributed by atoms with Crippen LogP contribution in [0.25, 0.3) is 0 Å². The van der Waals surface area contributed by atoms with Crippen molar-refractivity contribution in [2.45, 2.75) is 0 Å². The van der Waals surface area contributed by atoms with Gasteiger partial charge in [0.2, 0.25) is 0 Å². The summed E-state index contributed by atoms with van der Waals surface area (Å²) in [5.41, 5.74) is 0. The summed E-state index contributed by atoms with van der Waals surface area (Å²) in [4.78, 5) is 8.56. The second-order valence-electron chi connectivity index (χ2n) is 0.283. The van der Waals surface area contributed by atoms with Crippen LogP contribution in [0.1, 0.15) is 0 Å². The van der Waals surface area contributed by atoms with E-state index in [9.17, 15) is 0 Å². The van der Waals surface area contributed by atoms with Crippen molar-refractivity contribution in [2.75, 3.05) is 0 Å². The first kappa shape index (κ1) is 25.1. The van der Waals surface area contributed by atoms with Crippen LogP contribution < -0.4 is 6.15 Å². The van der Waals surface area contributed by atoms with Gasteiger partial charge in [-0.1, -0.05) is 0 Å². The molecule has 0 aliphatic heterocycles. The van der Waals surface area contributed by atoms with E-state index in [1.54, 1.807) is 0 Å². The predicted octanol–water partition coefficient (Wildman–Crippen LogP) is -1.45. The van der Waals surface area contributed by atoms with Crippen molar-refractivity contribution in [1.82, 2.24) is 6.15 Å². The van der Waals surface area contributed by atoms with E-state index in [0.717, 1.165) is 0 Å². The van der Waals surface area contributed by atoms with E-state index in [4.69, 9.17) is 15.0 Å². The van der Waals surface area contributed by atoms with Gasteiger partial charge < -0.3 is 16.4 Å². The van der Waals surface area contributed by atoms with Gasteiger partial charge in [0.1, 0.15) is 0 Å². The molecule has 0 aliphatic rings. The van der Waals surface area contributed by atoms with Gasteiger partial charge in [0, 0.05) is 0 Å². The van der Waals surface area contributed by atoms with Crippen molar-refractivity contribution in [3.63, 3.8) is 0 Å². The molecule has 0 unspecified atom stereocenters. The molecule has 0 aromatic rings. The van der Waals surface area contributed by atoms with Crippen molar-refractivity contribution in [3.8, 4) is 0 Å². The molecule has 0 aliphatic carbocycles. The first-order chi connectivity index (χ1) is 1.73. The molecule has 0 bridgehead atoms. The summed E-state index contributed by atoms with van der Waals surface area (Å²) in [5, 5.41) is 13.9. The Bertz CT molecular complexity index is 37.9. The minimum absolute atomic E-state index is 0. The van der Waals surface area contributed by atoms with E-state index >= 15 is 0 Å². The molecule has 4 nitrogen and oxygen atoms in total. The van der Waals surface area contributed by atoms with Gasteiger partial charge in [-0.05, 0) is 0 Å². The van der Waals surface area contributed by atoms with Crippen LogP contribution >= 0.6 is 0 Å². The Hall–Kier alpha value is 0.762. The van der Waals surface area contributed by atoms with E-state index < -0.39 is 6.16 Å². The maximum absolute atomic E-state index is 8.56. The first-order valence-electron chi connectivity index (χ1n) is 0.651. The molecule has 0 aromatic carbocycles. The number of hydrogen-bond acceptors (Lipinski definition) is 2. The summed E-state index contributed by atoms with van der Waals surface area (Å²) in [6, 6.07) is 0. The Morgan fingerprint density at radius 3 is 1.29 bits per heavy atom. The van der Waals surface area contributed by atoms with Gasteiger partial charge in [0.15, 0.2) is 17.4 Å². The zero-order valence-electron chi connectivity index (χ0n) is 2.51. The molecule has 0 spiro atoms. The number of carbonyl (C=O) groups is 1. The van der Waals surface area contributed by atoms with Crippen LogP contribution in [0.5, 0.6) is 0 Å². The molecular formula is CH9AlNNaO3. The SMILES string of the molecule is N.O=C(O)O.[AlH3].[NaH]. The molecule has 0 saturated heterocycles. The summed E-state index contributed by atoms with van der Waals surface area (Å²) in [7, 11) is 0. The Balaban J connectivity index is -0.0000000150. The van der Waals surface area contributed by atoms with Crippen molar-refractivity contribution in [1.29, 1.82) is 0 Å². The average molecular weight is 133 g/mol. The topological polar surface area (TPSA) is 92.5 Å². The third kappa shape index (κ3) is 264. The molecule has 7 heavy (non-hydrogen) atoms. The Labute approximate surface area is 73.9 Å². The zero-order chi connectivity index (χ0) is 3.58. The molecule has 0 aromatic heterocycles. The average Bonchev–Trinajstić information content (AvgIpc) is 0.811. The molecule has 0 radical (unpaired) electrons. The molecule has 5 N–H and O–H groups in total. The standard InChI is InChI=1S/CH2O3.Al.H3N.Na.4H/c2-1(3)4;;;;;;;/h(H2,2,3,4);;1H3;;;;;. The number of hydrogen-bond donors (Lipinski definition) is 3. The van der Waals surface area contributed by atoms with E-state index in [1.165, 1.54) is 0 Å². The molecule has 6 heteroatoms. The molecular weight excluding hydrogens is 124 g/mol. The Morgan fingerprint density at radius 1 is 1.29 bits per heavy atom. The third-order valence-electron chi connectivity index (χ3n) is 0. The van der Waals surface area contributed by atoms with E-state index in [1.807, 2.05) is 0 Å². The molecule has 0 fully saturated rings. The molecule has 0 amide bonds. The monoisotopic (exact) mass is 133 g/mol. The van der Waals surface area contributed by atoms with E-state index in [0.29, 0.717) is 0 Å². The minimum atomic E-state index is -1.83. The van der Waals surface area contributed by atoms with Crippen molar-refractivity contribution in [3.05, 3.63) is 0 Å². The molecule has 0 rings (SSSR count). The summed E-state index contributed by atoms with van der Waals surface area (Å²) in [6.07, 6.45) is -1.83.